The number of hydrogen-bond acceptors (Lipinski definition) is 2. The highest BCUT2D eigenvalue weighted by Gasteiger charge is 2.17. The van der Waals surface area contributed by atoms with Crippen molar-refractivity contribution >= 4 is 27.8 Å². The molecule has 7 heteroatoms. The molecule has 6 nitrogen and oxygen atoms in total. The monoisotopic (exact) mass is 397 g/mol. The fraction of sp³-hybridized carbons (Fsp3) is 0.647. The number of rotatable bonds is 5. The van der Waals surface area contributed by atoms with Gasteiger partial charge in [-0.15, -0.1) is 0 Å². The molecule has 0 bridgehead atoms. The first-order valence-corrected chi connectivity index (χ1v) is 9.38. The summed E-state index contributed by atoms with van der Waals surface area (Å²) in [5.74, 6) is 0.889. The predicted octanol–water partition coefficient (Wildman–Crippen LogP) is 2.20. The molecule has 2 rings (SSSR count). The SMILES string of the molecule is CCNC(=NCC(=O)N1CCCCC1)N(C)Cc1cc(Br)cn1C. The number of aliphatic imine (C=N–C) groups is 1. The van der Waals surface area contributed by atoms with Crippen molar-refractivity contribution in [3.05, 3.63) is 22.4 Å². The van der Waals surface area contributed by atoms with Crippen molar-refractivity contribution < 1.29 is 4.79 Å². The summed E-state index contributed by atoms with van der Waals surface area (Å²) in [5, 5.41) is 3.27. The van der Waals surface area contributed by atoms with Gasteiger partial charge in [0.25, 0.3) is 0 Å². The summed E-state index contributed by atoms with van der Waals surface area (Å²) < 4.78 is 3.15. The second-order valence-corrected chi connectivity index (χ2v) is 7.14. The lowest BCUT2D eigenvalue weighted by Gasteiger charge is -2.27. The fourth-order valence-corrected chi connectivity index (χ4v) is 3.47. The lowest BCUT2D eigenvalue weighted by Crippen LogP contribution is -2.41. The van der Waals surface area contributed by atoms with Crippen LogP contribution in [-0.2, 0) is 18.4 Å². The number of hydrogen-bond donors (Lipinski definition) is 1. The Morgan fingerprint density at radius 1 is 1.38 bits per heavy atom. The molecule has 0 saturated carbocycles. The molecule has 0 radical (unpaired) electrons. The van der Waals surface area contributed by atoms with E-state index in [1.54, 1.807) is 0 Å². The van der Waals surface area contributed by atoms with Gasteiger partial charge in [0.1, 0.15) is 6.54 Å². The summed E-state index contributed by atoms with van der Waals surface area (Å²) >= 11 is 3.50. The van der Waals surface area contributed by atoms with Crippen LogP contribution in [0.2, 0.25) is 0 Å². The number of halogens is 1. The maximum absolute atomic E-state index is 12.3. The quantitative estimate of drug-likeness (QED) is 0.611. The van der Waals surface area contributed by atoms with Crippen molar-refractivity contribution in [2.24, 2.45) is 12.0 Å². The van der Waals surface area contributed by atoms with Crippen LogP contribution in [0.3, 0.4) is 0 Å². The van der Waals surface area contributed by atoms with Gasteiger partial charge in [-0.1, -0.05) is 0 Å². The Hall–Kier alpha value is -1.50. The highest BCUT2D eigenvalue weighted by Crippen LogP contribution is 2.15. The zero-order chi connectivity index (χ0) is 17.5. The van der Waals surface area contributed by atoms with Crippen LogP contribution in [-0.4, -0.2) is 59.5 Å². The first kappa shape index (κ1) is 18.8. The van der Waals surface area contributed by atoms with E-state index in [0.29, 0.717) is 0 Å². The Balaban J connectivity index is 1.98. The number of amides is 1. The Morgan fingerprint density at radius 2 is 2.08 bits per heavy atom. The molecule has 0 atom stereocenters. The number of nitrogens with one attached hydrogen (secondary N) is 1. The van der Waals surface area contributed by atoms with Gasteiger partial charge in [0.05, 0.1) is 6.54 Å². The summed E-state index contributed by atoms with van der Waals surface area (Å²) in [6.45, 7) is 5.50. The molecule has 1 fully saturated rings. The van der Waals surface area contributed by atoms with E-state index in [1.807, 2.05) is 32.1 Å². The average molecular weight is 398 g/mol. The summed E-state index contributed by atoms with van der Waals surface area (Å²) in [6, 6.07) is 2.10. The van der Waals surface area contributed by atoms with Crippen LogP contribution >= 0.6 is 15.9 Å². The van der Waals surface area contributed by atoms with Crippen LogP contribution in [0.25, 0.3) is 0 Å². The smallest absolute Gasteiger partial charge is 0.244 e. The van der Waals surface area contributed by atoms with E-state index in [2.05, 4.69) is 41.8 Å². The normalized spacial score (nSPS) is 15.5. The maximum atomic E-state index is 12.3. The Kier molecular flexibility index (Phi) is 7.15. The summed E-state index contributed by atoms with van der Waals surface area (Å²) in [4.78, 5) is 20.8. The first-order valence-electron chi connectivity index (χ1n) is 8.59. The molecule has 0 spiro atoms. The third-order valence-corrected chi connectivity index (χ3v) is 4.68. The van der Waals surface area contributed by atoms with Crippen molar-refractivity contribution in [2.45, 2.75) is 32.7 Å². The standard InChI is InChI=1S/C17H28BrN5O/c1-4-19-17(20-11-16(24)23-8-6-5-7-9-23)22(3)13-15-10-14(18)12-21(15)2/h10,12H,4-9,11,13H2,1-3H3,(H,19,20). The summed E-state index contributed by atoms with van der Waals surface area (Å²) in [6.07, 6.45) is 5.48. The third-order valence-electron chi connectivity index (χ3n) is 4.24. The van der Waals surface area contributed by atoms with Gasteiger partial charge in [0.15, 0.2) is 5.96 Å². The largest absolute Gasteiger partial charge is 0.357 e. The number of nitrogens with zero attached hydrogens (tertiary/aromatic N) is 4. The number of piperidine rings is 1. The fourth-order valence-electron chi connectivity index (χ4n) is 2.90. The Bertz CT molecular complexity index is 578. The number of guanidine groups is 1. The molecule has 1 aromatic heterocycles. The van der Waals surface area contributed by atoms with Gasteiger partial charge in [-0.2, -0.15) is 0 Å². The van der Waals surface area contributed by atoms with Crippen molar-refractivity contribution in [3.63, 3.8) is 0 Å². The van der Waals surface area contributed by atoms with Gasteiger partial charge in [0.2, 0.25) is 5.91 Å². The molecular formula is C17H28BrN5O. The number of carbonyl (C=O) groups is 1. The second-order valence-electron chi connectivity index (χ2n) is 6.23. The van der Waals surface area contributed by atoms with E-state index in [-0.39, 0.29) is 12.5 Å². The van der Waals surface area contributed by atoms with Gasteiger partial charge >= 0.3 is 0 Å². The predicted molar refractivity (Wildman–Crippen MR) is 101 cm³/mol. The molecule has 0 aromatic carbocycles. The molecule has 0 unspecified atom stereocenters. The van der Waals surface area contributed by atoms with E-state index in [9.17, 15) is 4.79 Å². The minimum atomic E-state index is 0.125. The van der Waals surface area contributed by atoms with Crippen molar-refractivity contribution in [1.29, 1.82) is 0 Å². The first-order chi connectivity index (χ1) is 11.5. The van der Waals surface area contributed by atoms with Crippen molar-refractivity contribution in [3.8, 4) is 0 Å². The van der Waals surface area contributed by atoms with E-state index in [0.717, 1.165) is 49.5 Å². The Morgan fingerprint density at radius 3 is 2.67 bits per heavy atom. The molecule has 2 heterocycles. The molecule has 1 N–H and O–H groups in total. The molecule has 1 aromatic rings. The molecule has 1 aliphatic rings. The lowest BCUT2D eigenvalue weighted by atomic mass is 10.1. The molecule has 134 valence electrons. The molecule has 1 amide bonds. The number of aromatic nitrogens is 1. The van der Waals surface area contributed by atoms with Gasteiger partial charge in [-0.25, -0.2) is 4.99 Å². The van der Waals surface area contributed by atoms with Gasteiger partial charge in [0, 0.05) is 50.1 Å². The zero-order valence-electron chi connectivity index (χ0n) is 14.9. The van der Waals surface area contributed by atoms with Crippen LogP contribution < -0.4 is 5.32 Å². The van der Waals surface area contributed by atoms with Crippen LogP contribution in [0.1, 0.15) is 31.9 Å². The molecule has 0 aliphatic carbocycles. The summed E-state index contributed by atoms with van der Waals surface area (Å²) in [7, 11) is 4.02. The minimum absolute atomic E-state index is 0.125. The van der Waals surface area contributed by atoms with Crippen molar-refractivity contribution in [1.82, 2.24) is 19.7 Å². The van der Waals surface area contributed by atoms with Crippen LogP contribution in [0.15, 0.2) is 21.7 Å². The highest BCUT2D eigenvalue weighted by molar-refractivity contribution is 9.10. The number of aryl methyl sites for hydroxylation is 1. The number of likely N-dealkylation sites (tertiary alicyclic amines) is 1. The van der Waals surface area contributed by atoms with E-state index in [1.165, 1.54) is 12.1 Å². The topological polar surface area (TPSA) is 52.9 Å². The van der Waals surface area contributed by atoms with Crippen LogP contribution in [0.5, 0.6) is 0 Å². The third kappa shape index (κ3) is 5.26. The van der Waals surface area contributed by atoms with Crippen LogP contribution in [0, 0.1) is 0 Å². The van der Waals surface area contributed by atoms with E-state index >= 15 is 0 Å². The Labute approximate surface area is 153 Å². The van der Waals surface area contributed by atoms with E-state index < -0.39 is 0 Å². The van der Waals surface area contributed by atoms with Crippen LogP contribution in [0.4, 0.5) is 0 Å². The lowest BCUT2D eigenvalue weighted by molar-refractivity contribution is -0.130. The maximum Gasteiger partial charge on any atom is 0.244 e. The number of carbonyl (C=O) groups excluding carboxylic acids is 1. The second kappa shape index (κ2) is 9.11. The highest BCUT2D eigenvalue weighted by atomic mass is 79.9. The summed E-state index contributed by atoms with van der Waals surface area (Å²) in [5.41, 5.74) is 1.18. The molecule has 1 saturated heterocycles. The molecule has 1 aliphatic heterocycles. The van der Waals surface area contributed by atoms with Gasteiger partial charge in [-0.3, -0.25) is 4.79 Å². The van der Waals surface area contributed by atoms with Crippen molar-refractivity contribution in [2.75, 3.05) is 33.2 Å². The van der Waals surface area contributed by atoms with Gasteiger partial charge in [-0.05, 0) is 48.2 Å². The minimum Gasteiger partial charge on any atom is -0.357 e. The van der Waals surface area contributed by atoms with Gasteiger partial charge < -0.3 is 19.7 Å². The average Bonchev–Trinajstić information content (AvgIpc) is 2.89. The van der Waals surface area contributed by atoms with E-state index in [4.69, 9.17) is 0 Å². The molecule has 24 heavy (non-hydrogen) atoms. The zero-order valence-corrected chi connectivity index (χ0v) is 16.5. The molecular weight excluding hydrogens is 370 g/mol.